The fourth-order valence-corrected chi connectivity index (χ4v) is 6.61. The predicted octanol–water partition coefficient (Wildman–Crippen LogP) is 9.16. The average molecular weight is 560 g/mol. The third-order valence-corrected chi connectivity index (χ3v) is 8.38. The highest BCUT2D eigenvalue weighted by Gasteiger charge is 2.21. The minimum atomic E-state index is 0.288. The average Bonchev–Trinajstić information content (AvgIpc) is 3.61. The van der Waals surface area contributed by atoms with Crippen LogP contribution in [0.1, 0.15) is 16.7 Å². The molecule has 0 unspecified atom stereocenters. The summed E-state index contributed by atoms with van der Waals surface area (Å²) in [5, 5.41) is 34.1. The second kappa shape index (κ2) is 9.74. The first-order valence-electron chi connectivity index (χ1n) is 14.2. The molecule has 0 amide bonds. The maximum Gasteiger partial charge on any atom is 0.0999 e. The van der Waals surface area contributed by atoms with E-state index in [1.54, 1.807) is 12.1 Å². The highest BCUT2D eigenvalue weighted by molar-refractivity contribution is 6.23. The van der Waals surface area contributed by atoms with E-state index in [0.717, 1.165) is 55.2 Å². The Morgan fingerprint density at radius 3 is 1.52 bits per heavy atom. The first-order valence-corrected chi connectivity index (χ1v) is 14.2. The zero-order valence-corrected chi connectivity index (χ0v) is 23.4. The molecular weight excluding hydrogens is 538 g/mol. The Balaban J connectivity index is 1.53. The van der Waals surface area contributed by atoms with Gasteiger partial charge in [-0.2, -0.15) is 15.8 Å². The molecule has 8 rings (SSSR count). The minimum Gasteiger partial charge on any atom is -0.307 e. The van der Waals surface area contributed by atoms with E-state index in [2.05, 4.69) is 112 Å². The Morgan fingerprint density at radius 1 is 0.432 bits per heavy atom. The standard InChI is InChI=1S/C39H21N5/c40-22-25-19-27(23-41)37(28(20-25)24-42)26-9-8-12-30(21-26)44-36-16-7-5-14-32(36)34-18-17-33-31-13-4-6-15-35(31)43(38(33)39(34)44)29-10-2-1-3-11-29/h1-21H. The number of fused-ring (bicyclic) bond motifs is 7. The monoisotopic (exact) mass is 559 g/mol. The van der Waals surface area contributed by atoms with Crippen molar-refractivity contribution in [3.63, 3.8) is 0 Å². The largest absolute Gasteiger partial charge is 0.307 e. The number of benzene rings is 6. The molecule has 0 spiro atoms. The van der Waals surface area contributed by atoms with Gasteiger partial charge in [-0.1, -0.05) is 78.9 Å². The fourth-order valence-electron chi connectivity index (χ4n) is 6.61. The van der Waals surface area contributed by atoms with E-state index in [1.165, 1.54) is 5.39 Å². The van der Waals surface area contributed by atoms with Crippen LogP contribution in [0.25, 0.3) is 66.1 Å². The molecule has 2 aromatic heterocycles. The predicted molar refractivity (Wildman–Crippen MR) is 175 cm³/mol. The lowest BCUT2D eigenvalue weighted by Gasteiger charge is -2.14. The maximum absolute atomic E-state index is 10.0. The van der Waals surface area contributed by atoms with Gasteiger partial charge in [0.2, 0.25) is 0 Å². The fraction of sp³-hybridized carbons (Fsp3) is 0. The molecule has 0 aliphatic carbocycles. The molecular formula is C39H21N5. The Kier molecular flexibility index (Phi) is 5.56. The summed E-state index contributed by atoms with van der Waals surface area (Å²) in [5.74, 6) is 0. The quantitative estimate of drug-likeness (QED) is 0.216. The molecule has 0 aliphatic heterocycles. The highest BCUT2D eigenvalue weighted by atomic mass is 15.0. The van der Waals surface area contributed by atoms with Crippen molar-refractivity contribution in [1.82, 2.24) is 9.13 Å². The number of nitriles is 3. The second-order valence-corrected chi connectivity index (χ2v) is 10.7. The number of rotatable bonds is 3. The van der Waals surface area contributed by atoms with Crippen molar-refractivity contribution >= 4 is 43.6 Å². The summed E-state index contributed by atoms with van der Waals surface area (Å²) < 4.78 is 4.63. The molecule has 0 atom stereocenters. The molecule has 2 heterocycles. The van der Waals surface area contributed by atoms with Crippen LogP contribution in [0.4, 0.5) is 0 Å². The topological polar surface area (TPSA) is 81.2 Å². The minimum absolute atomic E-state index is 0.288. The van der Waals surface area contributed by atoms with E-state index < -0.39 is 0 Å². The van der Waals surface area contributed by atoms with Gasteiger partial charge >= 0.3 is 0 Å². The first-order chi connectivity index (χ1) is 21.7. The van der Waals surface area contributed by atoms with Crippen molar-refractivity contribution in [3.05, 3.63) is 144 Å². The summed E-state index contributed by atoms with van der Waals surface area (Å²) in [6, 6.07) is 49.3. The van der Waals surface area contributed by atoms with Crippen molar-refractivity contribution in [2.24, 2.45) is 0 Å². The van der Waals surface area contributed by atoms with Crippen molar-refractivity contribution in [1.29, 1.82) is 15.8 Å². The zero-order chi connectivity index (χ0) is 29.8. The van der Waals surface area contributed by atoms with E-state index in [0.29, 0.717) is 16.7 Å². The summed E-state index contributed by atoms with van der Waals surface area (Å²) in [4.78, 5) is 0. The summed E-state index contributed by atoms with van der Waals surface area (Å²) in [6.07, 6.45) is 0. The van der Waals surface area contributed by atoms with E-state index in [1.807, 2.05) is 30.3 Å². The summed E-state index contributed by atoms with van der Waals surface area (Å²) >= 11 is 0. The van der Waals surface area contributed by atoms with Gasteiger partial charge in [0.1, 0.15) is 0 Å². The van der Waals surface area contributed by atoms with Crippen LogP contribution in [-0.4, -0.2) is 9.13 Å². The molecule has 5 nitrogen and oxygen atoms in total. The number of hydrogen-bond donors (Lipinski definition) is 0. The summed E-state index contributed by atoms with van der Waals surface area (Å²) in [5.41, 5.74) is 8.48. The lowest BCUT2D eigenvalue weighted by atomic mass is 9.93. The van der Waals surface area contributed by atoms with Crippen LogP contribution in [0.5, 0.6) is 0 Å². The Bertz CT molecular complexity index is 2550. The molecule has 0 saturated carbocycles. The third kappa shape index (κ3) is 3.56. The van der Waals surface area contributed by atoms with Crippen molar-refractivity contribution < 1.29 is 0 Å². The van der Waals surface area contributed by atoms with Crippen LogP contribution in [0.15, 0.2) is 127 Å². The van der Waals surface area contributed by atoms with Crippen LogP contribution in [0.3, 0.4) is 0 Å². The molecule has 0 fully saturated rings. The maximum atomic E-state index is 10.0. The van der Waals surface area contributed by atoms with E-state index in [-0.39, 0.29) is 5.56 Å². The molecule has 0 N–H and O–H groups in total. The molecule has 0 aliphatic rings. The van der Waals surface area contributed by atoms with Gasteiger partial charge < -0.3 is 9.13 Å². The Morgan fingerprint density at radius 2 is 0.955 bits per heavy atom. The van der Waals surface area contributed by atoms with Crippen molar-refractivity contribution in [2.75, 3.05) is 0 Å². The number of para-hydroxylation sites is 3. The van der Waals surface area contributed by atoms with Crippen LogP contribution >= 0.6 is 0 Å². The zero-order valence-electron chi connectivity index (χ0n) is 23.4. The van der Waals surface area contributed by atoms with Crippen molar-refractivity contribution in [3.8, 4) is 40.7 Å². The van der Waals surface area contributed by atoms with E-state index in [9.17, 15) is 15.8 Å². The second-order valence-electron chi connectivity index (χ2n) is 10.7. The summed E-state index contributed by atoms with van der Waals surface area (Å²) in [6.45, 7) is 0. The smallest absolute Gasteiger partial charge is 0.0999 e. The van der Waals surface area contributed by atoms with Crippen LogP contribution in [-0.2, 0) is 0 Å². The first kappa shape index (κ1) is 25.1. The van der Waals surface area contributed by atoms with Gasteiger partial charge in [-0.05, 0) is 54.1 Å². The molecule has 0 saturated heterocycles. The molecule has 5 heteroatoms. The molecule has 202 valence electrons. The van der Waals surface area contributed by atoms with Gasteiger partial charge in [0.05, 0.1) is 57.0 Å². The molecule has 8 aromatic rings. The van der Waals surface area contributed by atoms with Crippen LogP contribution in [0.2, 0.25) is 0 Å². The van der Waals surface area contributed by atoms with Gasteiger partial charge in [0.15, 0.2) is 0 Å². The summed E-state index contributed by atoms with van der Waals surface area (Å²) in [7, 11) is 0. The SMILES string of the molecule is N#Cc1cc(C#N)c(-c2cccc(-n3c4ccccc4c4ccc5c6ccccc6n(-c6ccccc6)c5c43)c2)c(C#N)c1. The lowest BCUT2D eigenvalue weighted by molar-refractivity contribution is 1.15. The van der Waals surface area contributed by atoms with Gasteiger partial charge in [-0.3, -0.25) is 0 Å². The van der Waals surface area contributed by atoms with E-state index >= 15 is 0 Å². The normalized spacial score (nSPS) is 11.1. The van der Waals surface area contributed by atoms with Crippen LogP contribution in [0, 0.1) is 34.0 Å². The Hall–Kier alpha value is -6.61. The number of nitrogens with zero attached hydrogens (tertiary/aromatic N) is 5. The molecule has 0 radical (unpaired) electrons. The number of aromatic nitrogens is 2. The highest BCUT2D eigenvalue weighted by Crippen LogP contribution is 2.42. The Labute approximate surface area is 252 Å². The number of hydrogen-bond acceptors (Lipinski definition) is 3. The van der Waals surface area contributed by atoms with Gasteiger partial charge in [-0.25, -0.2) is 0 Å². The van der Waals surface area contributed by atoms with Crippen LogP contribution < -0.4 is 0 Å². The van der Waals surface area contributed by atoms with Gasteiger partial charge in [0, 0.05) is 38.5 Å². The third-order valence-electron chi connectivity index (χ3n) is 8.38. The van der Waals surface area contributed by atoms with Gasteiger partial charge in [0.25, 0.3) is 0 Å². The van der Waals surface area contributed by atoms with Crippen molar-refractivity contribution in [2.45, 2.75) is 0 Å². The van der Waals surface area contributed by atoms with Gasteiger partial charge in [-0.15, -0.1) is 0 Å². The molecule has 6 aromatic carbocycles. The molecule has 44 heavy (non-hydrogen) atoms. The molecule has 0 bridgehead atoms. The lowest BCUT2D eigenvalue weighted by Crippen LogP contribution is -1.99. The van der Waals surface area contributed by atoms with E-state index in [4.69, 9.17) is 0 Å².